The third-order valence-corrected chi connectivity index (χ3v) is 2.58. The summed E-state index contributed by atoms with van der Waals surface area (Å²) in [5.74, 6) is 0.852. The molecule has 0 amide bonds. The molecule has 1 N–H and O–H groups in total. The number of allylic oxidation sites excluding steroid dienone is 1. The Hall–Kier alpha value is -1.28. The van der Waals surface area contributed by atoms with E-state index in [9.17, 15) is 5.11 Å². The van der Waals surface area contributed by atoms with Gasteiger partial charge in [-0.15, -0.1) is 6.58 Å². The van der Waals surface area contributed by atoms with Crippen LogP contribution >= 0.6 is 0 Å². The molecule has 0 bridgehead atoms. The van der Waals surface area contributed by atoms with Crippen LogP contribution in [0.5, 0.6) is 5.75 Å². The van der Waals surface area contributed by atoms with Gasteiger partial charge in [-0.25, -0.2) is 0 Å². The van der Waals surface area contributed by atoms with Gasteiger partial charge in [-0.2, -0.15) is 0 Å². The molecular formula is C14H20O2. The summed E-state index contributed by atoms with van der Waals surface area (Å²) in [5.41, 5.74) is 1.15. The fraction of sp³-hybridized carbons (Fsp3) is 0.429. The third kappa shape index (κ3) is 4.49. The van der Waals surface area contributed by atoms with Crippen LogP contribution in [0.3, 0.4) is 0 Å². The Kier molecular flexibility index (Phi) is 5.65. The van der Waals surface area contributed by atoms with E-state index in [1.54, 1.807) is 7.11 Å². The van der Waals surface area contributed by atoms with Crippen molar-refractivity contribution in [2.24, 2.45) is 0 Å². The summed E-state index contributed by atoms with van der Waals surface area (Å²) in [6, 6.07) is 7.84. The molecule has 0 saturated heterocycles. The van der Waals surface area contributed by atoms with E-state index in [4.69, 9.17) is 4.74 Å². The Bertz CT molecular complexity index is 303. The zero-order chi connectivity index (χ0) is 11.8. The van der Waals surface area contributed by atoms with Gasteiger partial charge in [0.05, 0.1) is 13.2 Å². The Morgan fingerprint density at radius 1 is 1.38 bits per heavy atom. The lowest BCUT2D eigenvalue weighted by Crippen LogP contribution is -2.09. The molecule has 0 aliphatic rings. The molecule has 0 heterocycles. The standard InChI is InChI=1S/C14H20O2/c1-3-4-5-6-13(15)11-12-7-9-14(16-2)10-8-12/h3,7-10,13,15H,1,4-6,11H2,2H3. The molecule has 16 heavy (non-hydrogen) atoms. The molecule has 0 saturated carbocycles. The SMILES string of the molecule is C=CCCCC(O)Cc1ccc(OC)cc1. The van der Waals surface area contributed by atoms with Crippen molar-refractivity contribution in [3.05, 3.63) is 42.5 Å². The summed E-state index contributed by atoms with van der Waals surface area (Å²) in [5, 5.41) is 9.79. The van der Waals surface area contributed by atoms with Gasteiger partial charge in [0.15, 0.2) is 0 Å². The van der Waals surface area contributed by atoms with Crippen LogP contribution < -0.4 is 4.74 Å². The minimum Gasteiger partial charge on any atom is -0.497 e. The second kappa shape index (κ2) is 7.07. The third-order valence-electron chi connectivity index (χ3n) is 2.58. The Balaban J connectivity index is 2.37. The zero-order valence-corrected chi connectivity index (χ0v) is 9.86. The van der Waals surface area contributed by atoms with Gasteiger partial charge >= 0.3 is 0 Å². The number of aliphatic hydroxyl groups excluding tert-OH is 1. The zero-order valence-electron chi connectivity index (χ0n) is 9.86. The molecule has 2 heteroatoms. The van der Waals surface area contributed by atoms with Gasteiger partial charge < -0.3 is 9.84 Å². The normalized spacial score (nSPS) is 12.1. The van der Waals surface area contributed by atoms with E-state index < -0.39 is 0 Å². The van der Waals surface area contributed by atoms with Crippen LogP contribution in [-0.2, 0) is 6.42 Å². The van der Waals surface area contributed by atoms with Crippen LogP contribution in [0.25, 0.3) is 0 Å². The molecule has 0 fully saturated rings. The quantitative estimate of drug-likeness (QED) is 0.565. The molecule has 1 atom stereocenters. The number of unbranched alkanes of at least 4 members (excludes halogenated alkanes) is 1. The molecule has 1 unspecified atom stereocenters. The van der Waals surface area contributed by atoms with Crippen molar-refractivity contribution in [3.63, 3.8) is 0 Å². The maximum absolute atomic E-state index is 9.79. The Morgan fingerprint density at radius 3 is 2.62 bits per heavy atom. The van der Waals surface area contributed by atoms with Crippen molar-refractivity contribution in [1.29, 1.82) is 0 Å². The van der Waals surface area contributed by atoms with Crippen LogP contribution in [0.4, 0.5) is 0 Å². The van der Waals surface area contributed by atoms with Crippen LogP contribution in [0.2, 0.25) is 0 Å². The first-order valence-corrected chi connectivity index (χ1v) is 5.68. The minimum absolute atomic E-state index is 0.256. The predicted octanol–water partition coefficient (Wildman–Crippen LogP) is 2.95. The number of ether oxygens (including phenoxy) is 1. The topological polar surface area (TPSA) is 29.5 Å². The highest BCUT2D eigenvalue weighted by Gasteiger charge is 2.04. The highest BCUT2D eigenvalue weighted by atomic mass is 16.5. The Labute approximate surface area is 97.6 Å². The molecule has 0 aromatic heterocycles. The summed E-state index contributed by atoms with van der Waals surface area (Å²) in [6.07, 6.45) is 5.15. The van der Waals surface area contributed by atoms with Gasteiger partial charge in [0, 0.05) is 0 Å². The van der Waals surface area contributed by atoms with Crippen molar-refractivity contribution in [2.45, 2.75) is 31.8 Å². The number of methoxy groups -OCH3 is 1. The lowest BCUT2D eigenvalue weighted by atomic mass is 10.0. The lowest BCUT2D eigenvalue weighted by molar-refractivity contribution is 0.162. The van der Waals surface area contributed by atoms with Gasteiger partial charge in [0.2, 0.25) is 0 Å². The fourth-order valence-electron chi connectivity index (χ4n) is 1.63. The maximum atomic E-state index is 9.79. The first-order chi connectivity index (χ1) is 7.76. The molecule has 1 aromatic rings. The summed E-state index contributed by atoms with van der Waals surface area (Å²) in [4.78, 5) is 0. The number of rotatable bonds is 7. The van der Waals surface area contributed by atoms with Crippen LogP contribution in [0, 0.1) is 0 Å². The summed E-state index contributed by atoms with van der Waals surface area (Å²) < 4.78 is 5.08. The number of benzene rings is 1. The maximum Gasteiger partial charge on any atom is 0.118 e. The summed E-state index contributed by atoms with van der Waals surface area (Å²) in [7, 11) is 1.65. The summed E-state index contributed by atoms with van der Waals surface area (Å²) in [6.45, 7) is 3.67. The second-order valence-electron chi connectivity index (χ2n) is 3.93. The van der Waals surface area contributed by atoms with Crippen molar-refractivity contribution >= 4 is 0 Å². The van der Waals surface area contributed by atoms with Crippen LogP contribution in [-0.4, -0.2) is 18.3 Å². The monoisotopic (exact) mass is 220 g/mol. The minimum atomic E-state index is -0.256. The van der Waals surface area contributed by atoms with E-state index in [0.29, 0.717) is 6.42 Å². The Morgan fingerprint density at radius 2 is 2.06 bits per heavy atom. The van der Waals surface area contributed by atoms with Gasteiger partial charge in [-0.05, 0) is 43.4 Å². The van der Waals surface area contributed by atoms with E-state index in [-0.39, 0.29) is 6.10 Å². The number of hydrogen-bond acceptors (Lipinski definition) is 2. The van der Waals surface area contributed by atoms with Crippen LogP contribution in [0.15, 0.2) is 36.9 Å². The van der Waals surface area contributed by atoms with Crippen LogP contribution in [0.1, 0.15) is 24.8 Å². The smallest absolute Gasteiger partial charge is 0.118 e. The highest BCUT2D eigenvalue weighted by molar-refractivity contribution is 5.27. The van der Waals surface area contributed by atoms with Crippen molar-refractivity contribution < 1.29 is 9.84 Å². The molecule has 2 nitrogen and oxygen atoms in total. The molecule has 1 aromatic carbocycles. The molecule has 0 aliphatic heterocycles. The molecule has 0 radical (unpaired) electrons. The molecular weight excluding hydrogens is 200 g/mol. The van der Waals surface area contributed by atoms with E-state index >= 15 is 0 Å². The van der Waals surface area contributed by atoms with Gasteiger partial charge in [-0.1, -0.05) is 18.2 Å². The predicted molar refractivity (Wildman–Crippen MR) is 66.8 cm³/mol. The first-order valence-electron chi connectivity index (χ1n) is 5.68. The van der Waals surface area contributed by atoms with Crippen molar-refractivity contribution in [3.8, 4) is 5.75 Å². The van der Waals surface area contributed by atoms with E-state index in [0.717, 1.165) is 30.6 Å². The fourth-order valence-corrected chi connectivity index (χ4v) is 1.63. The van der Waals surface area contributed by atoms with E-state index in [1.807, 2.05) is 30.3 Å². The number of hydrogen-bond donors (Lipinski definition) is 1. The molecule has 1 rings (SSSR count). The molecule has 0 aliphatic carbocycles. The van der Waals surface area contributed by atoms with E-state index in [1.165, 1.54) is 0 Å². The van der Waals surface area contributed by atoms with Crippen molar-refractivity contribution in [2.75, 3.05) is 7.11 Å². The average molecular weight is 220 g/mol. The van der Waals surface area contributed by atoms with Gasteiger partial charge in [0.1, 0.15) is 5.75 Å². The van der Waals surface area contributed by atoms with Gasteiger partial charge in [0.25, 0.3) is 0 Å². The number of aliphatic hydroxyl groups is 1. The highest BCUT2D eigenvalue weighted by Crippen LogP contribution is 2.14. The second-order valence-corrected chi connectivity index (χ2v) is 3.93. The first kappa shape index (κ1) is 12.8. The largest absolute Gasteiger partial charge is 0.497 e. The van der Waals surface area contributed by atoms with Gasteiger partial charge in [-0.3, -0.25) is 0 Å². The summed E-state index contributed by atoms with van der Waals surface area (Å²) >= 11 is 0. The lowest BCUT2D eigenvalue weighted by Gasteiger charge is -2.10. The molecule has 88 valence electrons. The van der Waals surface area contributed by atoms with Crippen molar-refractivity contribution in [1.82, 2.24) is 0 Å². The van der Waals surface area contributed by atoms with E-state index in [2.05, 4.69) is 6.58 Å². The molecule has 0 spiro atoms. The average Bonchev–Trinajstić information content (AvgIpc) is 2.30.